The third-order valence-corrected chi connectivity index (χ3v) is 4.12. The molecule has 0 radical (unpaired) electrons. The molecule has 0 aliphatic heterocycles. The highest BCUT2D eigenvalue weighted by molar-refractivity contribution is 6.08. The van der Waals surface area contributed by atoms with Crippen molar-refractivity contribution >= 4 is 23.5 Å². The van der Waals surface area contributed by atoms with Gasteiger partial charge in [0.15, 0.2) is 11.6 Å². The Morgan fingerprint density at radius 3 is 1.84 bits per heavy atom. The number of Topliss-reactive ketones (excluding diaryl/α,β-unsaturated/α-hetero) is 2. The third kappa shape index (κ3) is 8.15. The van der Waals surface area contributed by atoms with E-state index in [9.17, 15) is 19.2 Å². The van der Waals surface area contributed by atoms with Crippen LogP contribution in [0.25, 0.3) is 0 Å². The van der Waals surface area contributed by atoms with Gasteiger partial charge in [0.1, 0.15) is 12.3 Å². The van der Waals surface area contributed by atoms with Crippen molar-refractivity contribution in [3.05, 3.63) is 35.9 Å². The van der Waals surface area contributed by atoms with Crippen molar-refractivity contribution in [1.82, 2.24) is 19.6 Å². The third-order valence-electron chi connectivity index (χ3n) is 4.12. The molecule has 170 valence electrons. The number of carbonyl (C=O) groups is 4. The maximum absolute atomic E-state index is 12.2. The number of ether oxygens (including phenoxy) is 2. The van der Waals surface area contributed by atoms with Crippen LogP contribution in [0.3, 0.4) is 0 Å². The zero-order valence-electron chi connectivity index (χ0n) is 18.8. The van der Waals surface area contributed by atoms with Crippen molar-refractivity contribution < 1.29 is 28.7 Å². The molecule has 0 fully saturated rings. The molecular weight excluding hydrogens is 404 g/mol. The minimum absolute atomic E-state index is 0.0956. The molecule has 31 heavy (non-hydrogen) atoms. The smallest absolute Gasteiger partial charge is 0.317 e. The summed E-state index contributed by atoms with van der Waals surface area (Å²) in [5, 5.41) is 7.76. The monoisotopic (exact) mass is 434 g/mol. The van der Waals surface area contributed by atoms with Crippen molar-refractivity contribution in [2.45, 2.75) is 34.1 Å². The van der Waals surface area contributed by atoms with Crippen LogP contribution in [0.2, 0.25) is 0 Å². The maximum atomic E-state index is 12.2. The van der Waals surface area contributed by atoms with Crippen LogP contribution in [-0.2, 0) is 33.2 Å². The van der Waals surface area contributed by atoms with E-state index >= 15 is 0 Å². The zero-order chi connectivity index (χ0) is 23.6. The van der Waals surface area contributed by atoms with Gasteiger partial charge in [-0.05, 0) is 19.8 Å². The highest BCUT2D eigenvalue weighted by Crippen LogP contribution is 2.18. The van der Waals surface area contributed by atoms with Gasteiger partial charge in [0.25, 0.3) is 0 Å². The Labute approximate surface area is 181 Å². The lowest BCUT2D eigenvalue weighted by atomic mass is 9.89. The van der Waals surface area contributed by atoms with Crippen molar-refractivity contribution in [3.8, 4) is 0 Å². The number of rotatable bonds is 9. The van der Waals surface area contributed by atoms with Gasteiger partial charge in [0, 0.05) is 26.5 Å². The molecule has 0 saturated heterocycles. The maximum Gasteiger partial charge on any atom is 0.317 e. The molecule has 0 spiro atoms. The molecule has 0 saturated carbocycles. The Balaban J connectivity index is 0.000000316. The lowest BCUT2D eigenvalue weighted by molar-refractivity contribution is -0.147. The van der Waals surface area contributed by atoms with Crippen LogP contribution in [0.5, 0.6) is 0 Å². The minimum Gasteiger partial charge on any atom is -0.466 e. The molecule has 10 heteroatoms. The Morgan fingerprint density at radius 1 is 0.903 bits per heavy atom. The van der Waals surface area contributed by atoms with E-state index in [4.69, 9.17) is 4.74 Å². The first kappa shape index (κ1) is 25.7. The van der Waals surface area contributed by atoms with Crippen LogP contribution in [0.4, 0.5) is 0 Å². The van der Waals surface area contributed by atoms with Crippen molar-refractivity contribution in [2.24, 2.45) is 25.9 Å². The summed E-state index contributed by atoms with van der Waals surface area (Å²) in [6.07, 6.45) is 5.86. The van der Waals surface area contributed by atoms with Gasteiger partial charge >= 0.3 is 11.9 Å². The van der Waals surface area contributed by atoms with E-state index in [-0.39, 0.29) is 30.5 Å². The molecule has 2 heterocycles. The summed E-state index contributed by atoms with van der Waals surface area (Å²) in [6, 6.07) is 0. The van der Waals surface area contributed by atoms with Crippen molar-refractivity contribution in [2.75, 3.05) is 13.2 Å². The quantitative estimate of drug-likeness (QED) is 0.334. The number of nitrogens with zero attached hydrogens (tertiary/aromatic N) is 4. The van der Waals surface area contributed by atoms with Crippen LogP contribution >= 0.6 is 0 Å². The van der Waals surface area contributed by atoms with E-state index in [1.807, 2.05) is 13.8 Å². The second-order valence-electron chi connectivity index (χ2n) is 7.05. The summed E-state index contributed by atoms with van der Waals surface area (Å²) in [5.41, 5.74) is 0.875. The summed E-state index contributed by atoms with van der Waals surface area (Å²) < 4.78 is 12.6. The molecule has 2 aromatic rings. The number of hydrogen-bond donors (Lipinski definition) is 0. The van der Waals surface area contributed by atoms with Gasteiger partial charge in [-0.2, -0.15) is 10.2 Å². The first-order valence-corrected chi connectivity index (χ1v) is 9.97. The minimum atomic E-state index is -0.751. The average molecular weight is 434 g/mol. The van der Waals surface area contributed by atoms with E-state index in [0.29, 0.717) is 17.7 Å². The molecular formula is C21H30N4O6. The van der Waals surface area contributed by atoms with E-state index in [1.165, 1.54) is 21.8 Å². The molecule has 10 nitrogen and oxygen atoms in total. The normalized spacial score (nSPS) is 11.3. The molecule has 0 N–H and O–H groups in total. The van der Waals surface area contributed by atoms with Gasteiger partial charge in [-0.1, -0.05) is 13.8 Å². The molecule has 0 aliphatic carbocycles. The largest absolute Gasteiger partial charge is 0.466 e. The lowest BCUT2D eigenvalue weighted by Gasteiger charge is -2.16. The van der Waals surface area contributed by atoms with Gasteiger partial charge in [0.2, 0.25) is 0 Å². The molecule has 1 atom stereocenters. The topological polar surface area (TPSA) is 122 Å². The second kappa shape index (κ2) is 12.4. The SMILES string of the molecule is CCOC(=O)C(C(=O)c1cnn(C)c1)C(C)C.CCOC(=O)CC(=O)c1cnn(C)c1. The molecule has 1 unspecified atom stereocenters. The number of hydrogen-bond acceptors (Lipinski definition) is 8. The van der Waals surface area contributed by atoms with Gasteiger partial charge < -0.3 is 9.47 Å². The summed E-state index contributed by atoms with van der Waals surface area (Å²) in [6.45, 7) is 7.66. The summed E-state index contributed by atoms with van der Waals surface area (Å²) in [7, 11) is 3.44. The van der Waals surface area contributed by atoms with E-state index < -0.39 is 17.9 Å². The van der Waals surface area contributed by atoms with E-state index in [2.05, 4.69) is 14.9 Å². The van der Waals surface area contributed by atoms with Crippen molar-refractivity contribution in [1.29, 1.82) is 0 Å². The molecule has 0 amide bonds. The van der Waals surface area contributed by atoms with Gasteiger partial charge in [-0.15, -0.1) is 0 Å². The Kier molecular flexibility index (Phi) is 10.3. The van der Waals surface area contributed by atoms with E-state index in [0.717, 1.165) is 0 Å². The molecule has 0 aliphatic rings. The predicted octanol–water partition coefficient (Wildman–Crippen LogP) is 1.99. The van der Waals surface area contributed by atoms with Crippen LogP contribution in [0, 0.1) is 11.8 Å². The fourth-order valence-electron chi connectivity index (χ4n) is 2.65. The van der Waals surface area contributed by atoms with Crippen LogP contribution in [-0.4, -0.2) is 56.3 Å². The van der Waals surface area contributed by atoms with Crippen molar-refractivity contribution in [3.63, 3.8) is 0 Å². The van der Waals surface area contributed by atoms with Gasteiger partial charge in [-0.3, -0.25) is 28.5 Å². The Hall–Kier alpha value is -3.30. The average Bonchev–Trinajstić information content (AvgIpc) is 3.31. The Bertz CT molecular complexity index is 899. The fourth-order valence-corrected chi connectivity index (χ4v) is 2.65. The molecule has 2 rings (SSSR count). The first-order valence-electron chi connectivity index (χ1n) is 9.97. The molecule has 2 aromatic heterocycles. The molecule has 0 bridgehead atoms. The summed E-state index contributed by atoms with van der Waals surface area (Å²) in [4.78, 5) is 46.3. The summed E-state index contributed by atoms with van der Waals surface area (Å²) in [5.74, 6) is -2.30. The number of aryl methyl sites for hydroxylation is 2. The number of aromatic nitrogens is 4. The number of ketones is 2. The second-order valence-corrected chi connectivity index (χ2v) is 7.05. The van der Waals surface area contributed by atoms with Crippen LogP contribution < -0.4 is 0 Å². The Morgan fingerprint density at radius 2 is 1.42 bits per heavy atom. The van der Waals surface area contributed by atoms with Gasteiger partial charge in [0.05, 0.1) is 36.7 Å². The van der Waals surface area contributed by atoms with Crippen LogP contribution in [0.1, 0.15) is 54.8 Å². The zero-order valence-corrected chi connectivity index (χ0v) is 18.8. The first-order chi connectivity index (χ1) is 14.6. The van der Waals surface area contributed by atoms with Crippen LogP contribution in [0.15, 0.2) is 24.8 Å². The number of carbonyl (C=O) groups excluding carboxylic acids is 4. The highest BCUT2D eigenvalue weighted by Gasteiger charge is 2.32. The molecule has 0 aromatic carbocycles. The van der Waals surface area contributed by atoms with Gasteiger partial charge in [-0.25, -0.2) is 0 Å². The highest BCUT2D eigenvalue weighted by atomic mass is 16.5. The number of esters is 2. The van der Waals surface area contributed by atoms with E-state index in [1.54, 1.807) is 40.3 Å². The fraction of sp³-hybridized carbons (Fsp3) is 0.524. The lowest BCUT2D eigenvalue weighted by Crippen LogP contribution is -2.30. The summed E-state index contributed by atoms with van der Waals surface area (Å²) >= 11 is 0. The standard InChI is InChI=1S/C12H18N2O3.C9H12N2O3/c1-5-17-12(16)10(8(2)3)11(15)9-6-13-14(4)7-9;1-3-14-9(13)4-8(12)7-5-10-11(2)6-7/h6-8,10H,5H2,1-4H3;5-6H,3-4H2,1-2H3. The predicted molar refractivity (Wildman–Crippen MR) is 111 cm³/mol.